The lowest BCUT2D eigenvalue weighted by Gasteiger charge is -2.24. The van der Waals surface area contributed by atoms with Crippen LogP contribution in [0.4, 0.5) is 5.95 Å². The minimum Gasteiger partial charge on any atom is -0.222 e. The van der Waals surface area contributed by atoms with E-state index < -0.39 is 0 Å². The van der Waals surface area contributed by atoms with E-state index in [0.29, 0.717) is 27.4 Å². The van der Waals surface area contributed by atoms with Crippen molar-refractivity contribution in [3.63, 3.8) is 0 Å². The minimum absolute atomic E-state index is 0.0876. The molecule has 0 fully saturated rings. The zero-order chi connectivity index (χ0) is 16.7. The third kappa shape index (κ3) is 2.81. The summed E-state index contributed by atoms with van der Waals surface area (Å²) >= 11 is 18.4. The van der Waals surface area contributed by atoms with Crippen LogP contribution in [-0.4, -0.2) is 20.5 Å². The summed E-state index contributed by atoms with van der Waals surface area (Å²) in [5.41, 5.74) is 2.86. The van der Waals surface area contributed by atoms with Crippen molar-refractivity contribution in [3.8, 4) is 0 Å². The van der Waals surface area contributed by atoms with Crippen molar-refractivity contribution >= 4 is 46.5 Å². The summed E-state index contributed by atoms with van der Waals surface area (Å²) in [6, 6.07) is 13.0. The Morgan fingerprint density at radius 1 is 0.958 bits per heavy atom. The molecule has 0 spiro atoms. The predicted molar refractivity (Wildman–Crippen MR) is 96.9 cm³/mol. The molecule has 4 nitrogen and oxygen atoms in total. The summed E-state index contributed by atoms with van der Waals surface area (Å²) in [6.07, 6.45) is 2.15. The SMILES string of the molecule is Clc1ccc(C2=Nc3ncnn3C(c3ccc(Cl)cc3Cl)C2)cc1. The number of nitrogens with zero attached hydrogens (tertiary/aromatic N) is 4. The lowest BCUT2D eigenvalue weighted by Crippen LogP contribution is -2.21. The van der Waals surface area contributed by atoms with Gasteiger partial charge in [0.1, 0.15) is 6.33 Å². The smallest absolute Gasteiger partial charge is 0.222 e. The molecule has 1 unspecified atom stereocenters. The highest BCUT2D eigenvalue weighted by molar-refractivity contribution is 6.35. The Kier molecular flexibility index (Phi) is 4.04. The van der Waals surface area contributed by atoms with E-state index in [0.717, 1.165) is 16.8 Å². The number of benzene rings is 2. The Balaban J connectivity index is 1.80. The van der Waals surface area contributed by atoms with E-state index >= 15 is 0 Å². The zero-order valence-electron chi connectivity index (χ0n) is 12.3. The molecular weight excluding hydrogens is 367 g/mol. The maximum absolute atomic E-state index is 6.41. The molecule has 4 rings (SSSR count). The van der Waals surface area contributed by atoms with Crippen LogP contribution in [0.1, 0.15) is 23.6 Å². The fourth-order valence-corrected chi connectivity index (χ4v) is 3.48. The number of hydrogen-bond acceptors (Lipinski definition) is 3. The molecule has 0 bridgehead atoms. The number of aromatic nitrogens is 3. The van der Waals surface area contributed by atoms with Crippen LogP contribution in [0.5, 0.6) is 0 Å². The average Bonchev–Trinajstić information content (AvgIpc) is 3.03. The molecule has 7 heteroatoms. The van der Waals surface area contributed by atoms with Crippen LogP contribution in [0.25, 0.3) is 0 Å². The normalized spacial score (nSPS) is 16.6. The third-order valence-electron chi connectivity index (χ3n) is 3.97. The monoisotopic (exact) mass is 376 g/mol. The number of hydrogen-bond donors (Lipinski definition) is 0. The number of fused-ring (bicyclic) bond motifs is 1. The molecule has 0 saturated carbocycles. The molecule has 0 saturated heterocycles. The van der Waals surface area contributed by atoms with Gasteiger partial charge in [0, 0.05) is 21.5 Å². The molecule has 120 valence electrons. The van der Waals surface area contributed by atoms with Gasteiger partial charge in [-0.1, -0.05) is 53.0 Å². The number of rotatable bonds is 2. The van der Waals surface area contributed by atoms with Crippen molar-refractivity contribution in [1.82, 2.24) is 14.8 Å². The third-order valence-corrected chi connectivity index (χ3v) is 4.78. The van der Waals surface area contributed by atoms with Gasteiger partial charge in [-0.25, -0.2) is 9.67 Å². The standard InChI is InChI=1S/C17H11Cl3N4/c18-11-3-1-10(2-4-11)15-8-16(24-17(23-15)21-9-22-24)13-6-5-12(19)7-14(13)20/h1-7,9,16H,8H2. The topological polar surface area (TPSA) is 43.1 Å². The molecule has 1 aliphatic rings. The first-order valence-electron chi connectivity index (χ1n) is 7.30. The molecular formula is C17H11Cl3N4. The first kappa shape index (κ1) is 15.6. The maximum atomic E-state index is 6.41. The maximum Gasteiger partial charge on any atom is 0.248 e. The lowest BCUT2D eigenvalue weighted by molar-refractivity contribution is 0.531. The fraction of sp³-hybridized carbons (Fsp3) is 0.118. The average molecular weight is 378 g/mol. The van der Waals surface area contributed by atoms with Crippen molar-refractivity contribution in [2.24, 2.45) is 4.99 Å². The zero-order valence-corrected chi connectivity index (χ0v) is 14.6. The van der Waals surface area contributed by atoms with Gasteiger partial charge in [-0.3, -0.25) is 0 Å². The van der Waals surface area contributed by atoms with Gasteiger partial charge in [-0.05, 0) is 35.4 Å². The van der Waals surface area contributed by atoms with E-state index in [1.807, 2.05) is 36.4 Å². The first-order chi connectivity index (χ1) is 11.6. The molecule has 3 aromatic rings. The second-order valence-electron chi connectivity index (χ2n) is 5.46. The van der Waals surface area contributed by atoms with E-state index in [1.54, 1.807) is 10.7 Å². The van der Waals surface area contributed by atoms with E-state index in [2.05, 4.69) is 15.1 Å². The highest BCUT2D eigenvalue weighted by Crippen LogP contribution is 2.36. The van der Waals surface area contributed by atoms with Crippen molar-refractivity contribution in [3.05, 3.63) is 75.0 Å². The highest BCUT2D eigenvalue weighted by atomic mass is 35.5. The Morgan fingerprint density at radius 2 is 1.71 bits per heavy atom. The van der Waals surface area contributed by atoms with Crippen LogP contribution >= 0.6 is 34.8 Å². The van der Waals surface area contributed by atoms with Gasteiger partial charge in [0.15, 0.2) is 0 Å². The molecule has 1 aliphatic heterocycles. The largest absolute Gasteiger partial charge is 0.248 e. The summed E-state index contributed by atoms with van der Waals surface area (Å²) < 4.78 is 1.79. The number of halogens is 3. The Morgan fingerprint density at radius 3 is 2.46 bits per heavy atom. The second kappa shape index (κ2) is 6.20. The van der Waals surface area contributed by atoms with Crippen molar-refractivity contribution < 1.29 is 0 Å². The Labute approximate surface area is 153 Å². The summed E-state index contributed by atoms with van der Waals surface area (Å²) in [6.45, 7) is 0. The van der Waals surface area contributed by atoms with Gasteiger partial charge in [-0.2, -0.15) is 10.1 Å². The van der Waals surface area contributed by atoms with Crippen LogP contribution in [-0.2, 0) is 0 Å². The summed E-state index contributed by atoms with van der Waals surface area (Å²) in [5, 5.41) is 6.20. The molecule has 1 atom stereocenters. The van der Waals surface area contributed by atoms with Gasteiger partial charge in [0.2, 0.25) is 5.95 Å². The Hall–Kier alpha value is -1.88. The van der Waals surface area contributed by atoms with Gasteiger partial charge in [-0.15, -0.1) is 0 Å². The quantitative estimate of drug-likeness (QED) is 0.604. The molecule has 24 heavy (non-hydrogen) atoms. The van der Waals surface area contributed by atoms with Gasteiger partial charge < -0.3 is 0 Å². The highest BCUT2D eigenvalue weighted by Gasteiger charge is 2.27. The van der Waals surface area contributed by atoms with E-state index in [4.69, 9.17) is 34.8 Å². The van der Waals surface area contributed by atoms with Crippen LogP contribution in [0.3, 0.4) is 0 Å². The minimum atomic E-state index is -0.0876. The summed E-state index contributed by atoms with van der Waals surface area (Å²) in [4.78, 5) is 8.86. The first-order valence-corrected chi connectivity index (χ1v) is 8.43. The van der Waals surface area contributed by atoms with Gasteiger partial charge >= 0.3 is 0 Å². The Bertz CT molecular complexity index is 931. The molecule has 0 N–H and O–H groups in total. The van der Waals surface area contributed by atoms with Crippen LogP contribution in [0, 0.1) is 0 Å². The van der Waals surface area contributed by atoms with E-state index in [-0.39, 0.29) is 6.04 Å². The van der Waals surface area contributed by atoms with Crippen LogP contribution in [0.2, 0.25) is 15.1 Å². The molecule has 2 aromatic carbocycles. The van der Waals surface area contributed by atoms with Crippen molar-refractivity contribution in [1.29, 1.82) is 0 Å². The predicted octanol–water partition coefficient (Wildman–Crippen LogP) is 5.35. The van der Waals surface area contributed by atoms with Crippen molar-refractivity contribution in [2.45, 2.75) is 12.5 Å². The van der Waals surface area contributed by atoms with E-state index in [1.165, 1.54) is 6.33 Å². The second-order valence-corrected chi connectivity index (χ2v) is 6.74. The van der Waals surface area contributed by atoms with Gasteiger partial charge in [0.05, 0.1) is 11.8 Å². The van der Waals surface area contributed by atoms with Crippen LogP contribution < -0.4 is 0 Å². The molecule has 2 heterocycles. The number of aliphatic imine (C=N–C) groups is 1. The molecule has 1 aromatic heterocycles. The van der Waals surface area contributed by atoms with Gasteiger partial charge in [0.25, 0.3) is 0 Å². The van der Waals surface area contributed by atoms with E-state index in [9.17, 15) is 0 Å². The van der Waals surface area contributed by atoms with Crippen LogP contribution in [0.15, 0.2) is 53.8 Å². The summed E-state index contributed by atoms with van der Waals surface area (Å²) in [7, 11) is 0. The lowest BCUT2D eigenvalue weighted by atomic mass is 9.96. The molecule has 0 radical (unpaired) electrons. The molecule has 0 aliphatic carbocycles. The fourth-order valence-electron chi connectivity index (χ4n) is 2.82. The molecule has 0 amide bonds. The summed E-state index contributed by atoms with van der Waals surface area (Å²) in [5.74, 6) is 0.558. The van der Waals surface area contributed by atoms with Crippen molar-refractivity contribution in [2.75, 3.05) is 0 Å².